The van der Waals surface area contributed by atoms with Crippen molar-refractivity contribution in [3.63, 3.8) is 0 Å². The third-order valence-corrected chi connectivity index (χ3v) is 5.74. The second-order valence-corrected chi connectivity index (χ2v) is 7.75. The minimum atomic E-state index is 0.0102. The lowest BCUT2D eigenvalue weighted by atomic mass is 10.1. The number of aryl methyl sites for hydroxylation is 1. The molecule has 2 aliphatic heterocycles. The number of fused-ring (bicyclic) bond motifs is 1. The largest absolute Gasteiger partial charge is 0.358 e. The Hall–Kier alpha value is -1.76. The number of aromatic nitrogens is 3. The molecule has 2 fully saturated rings. The van der Waals surface area contributed by atoms with Crippen molar-refractivity contribution < 1.29 is 4.74 Å². The van der Waals surface area contributed by atoms with Gasteiger partial charge in [-0.1, -0.05) is 0 Å². The standard InChI is InChI=1S/C19H25N5O/c1-7-23(12-17-21-6-9-24(17)8-1)11-16-10-15(2-5-20-16)18-22-13-19(3-4-19)14-25-18/h2,5-6,9-10,18,22H,1,3-4,7-8,11-14H2. The summed E-state index contributed by atoms with van der Waals surface area (Å²) in [5, 5.41) is 3.56. The first-order valence-electron chi connectivity index (χ1n) is 9.32. The van der Waals surface area contributed by atoms with Crippen molar-refractivity contribution in [2.45, 2.75) is 45.1 Å². The van der Waals surface area contributed by atoms with Crippen LogP contribution >= 0.6 is 0 Å². The molecule has 1 unspecified atom stereocenters. The van der Waals surface area contributed by atoms with Crippen LogP contribution in [0.15, 0.2) is 30.7 Å². The molecule has 0 aromatic carbocycles. The molecule has 1 aliphatic carbocycles. The Morgan fingerprint density at radius 3 is 3.04 bits per heavy atom. The van der Waals surface area contributed by atoms with Crippen LogP contribution in [0.4, 0.5) is 0 Å². The van der Waals surface area contributed by atoms with Crippen LogP contribution in [0.1, 0.15) is 42.6 Å². The van der Waals surface area contributed by atoms with Crippen molar-refractivity contribution in [1.82, 2.24) is 24.8 Å². The summed E-state index contributed by atoms with van der Waals surface area (Å²) in [5.41, 5.74) is 2.74. The van der Waals surface area contributed by atoms with Gasteiger partial charge in [0, 0.05) is 50.2 Å². The summed E-state index contributed by atoms with van der Waals surface area (Å²) in [4.78, 5) is 11.5. The van der Waals surface area contributed by atoms with E-state index >= 15 is 0 Å². The number of hydrogen-bond acceptors (Lipinski definition) is 5. The lowest BCUT2D eigenvalue weighted by molar-refractivity contribution is -0.0384. The molecule has 1 saturated heterocycles. The van der Waals surface area contributed by atoms with Gasteiger partial charge in [0.2, 0.25) is 0 Å². The number of imidazole rings is 1. The molecule has 6 heteroatoms. The number of rotatable bonds is 3. The zero-order valence-corrected chi connectivity index (χ0v) is 14.5. The Morgan fingerprint density at radius 2 is 2.20 bits per heavy atom. The van der Waals surface area contributed by atoms with Crippen molar-refractivity contribution in [1.29, 1.82) is 0 Å². The van der Waals surface area contributed by atoms with Crippen LogP contribution in [0, 0.1) is 5.41 Å². The highest BCUT2D eigenvalue weighted by Crippen LogP contribution is 2.48. The van der Waals surface area contributed by atoms with Gasteiger partial charge in [0.25, 0.3) is 0 Å². The summed E-state index contributed by atoms with van der Waals surface area (Å²) in [6.45, 7) is 5.84. The summed E-state index contributed by atoms with van der Waals surface area (Å²) in [6.07, 6.45) is 9.66. The summed E-state index contributed by atoms with van der Waals surface area (Å²) in [5.74, 6) is 1.15. The van der Waals surface area contributed by atoms with Crippen LogP contribution in [0.25, 0.3) is 0 Å². The normalized spacial score (nSPS) is 25.5. The van der Waals surface area contributed by atoms with Crippen molar-refractivity contribution >= 4 is 0 Å². The first-order valence-corrected chi connectivity index (χ1v) is 9.32. The van der Waals surface area contributed by atoms with Crippen LogP contribution < -0.4 is 5.32 Å². The maximum absolute atomic E-state index is 6.08. The Kier molecular flexibility index (Phi) is 3.84. The minimum Gasteiger partial charge on any atom is -0.358 e. The van der Waals surface area contributed by atoms with Crippen molar-refractivity contribution in [3.05, 3.63) is 47.8 Å². The van der Waals surface area contributed by atoms with Gasteiger partial charge in [0.1, 0.15) is 12.1 Å². The van der Waals surface area contributed by atoms with E-state index in [0.717, 1.165) is 57.3 Å². The number of pyridine rings is 1. The van der Waals surface area contributed by atoms with Gasteiger partial charge in [-0.15, -0.1) is 0 Å². The molecule has 0 radical (unpaired) electrons. The molecule has 4 heterocycles. The van der Waals surface area contributed by atoms with E-state index < -0.39 is 0 Å². The van der Waals surface area contributed by atoms with Crippen LogP contribution in [-0.4, -0.2) is 39.1 Å². The number of hydrogen-bond donors (Lipinski definition) is 1. The molecule has 1 saturated carbocycles. The molecule has 2 aromatic heterocycles. The summed E-state index contributed by atoms with van der Waals surface area (Å²) in [6, 6.07) is 4.26. The highest BCUT2D eigenvalue weighted by Gasteiger charge is 2.46. The summed E-state index contributed by atoms with van der Waals surface area (Å²) >= 11 is 0. The fraction of sp³-hybridized carbons (Fsp3) is 0.579. The van der Waals surface area contributed by atoms with Gasteiger partial charge in [-0.25, -0.2) is 4.98 Å². The number of nitrogens with zero attached hydrogens (tertiary/aromatic N) is 4. The zero-order valence-electron chi connectivity index (χ0n) is 14.5. The number of ether oxygens (including phenoxy) is 1. The SMILES string of the molecule is c1cc(C2NCC3(CC3)CO2)cc(CN2CCCn3ccnc3C2)n1. The molecule has 0 bridgehead atoms. The molecule has 2 aromatic rings. The molecule has 0 amide bonds. The lowest BCUT2D eigenvalue weighted by Crippen LogP contribution is -2.39. The summed E-state index contributed by atoms with van der Waals surface area (Å²) < 4.78 is 8.34. The molecule has 6 nitrogen and oxygen atoms in total. The third-order valence-electron chi connectivity index (χ3n) is 5.74. The van der Waals surface area contributed by atoms with Gasteiger partial charge >= 0.3 is 0 Å². The fourth-order valence-electron chi connectivity index (χ4n) is 3.94. The van der Waals surface area contributed by atoms with Crippen molar-refractivity contribution in [2.75, 3.05) is 19.7 Å². The van der Waals surface area contributed by atoms with Gasteiger partial charge in [0.05, 0.1) is 18.8 Å². The average Bonchev–Trinajstić information content (AvgIpc) is 3.30. The van der Waals surface area contributed by atoms with Crippen molar-refractivity contribution in [3.8, 4) is 0 Å². The molecule has 25 heavy (non-hydrogen) atoms. The molecular formula is C19H25N5O. The second-order valence-electron chi connectivity index (χ2n) is 7.75. The van der Waals surface area contributed by atoms with E-state index in [0.29, 0.717) is 5.41 Å². The quantitative estimate of drug-likeness (QED) is 0.928. The van der Waals surface area contributed by atoms with Gasteiger partial charge < -0.3 is 9.30 Å². The maximum Gasteiger partial charge on any atom is 0.134 e. The minimum absolute atomic E-state index is 0.0102. The van der Waals surface area contributed by atoms with Crippen LogP contribution in [-0.2, 0) is 24.4 Å². The highest BCUT2D eigenvalue weighted by molar-refractivity contribution is 5.20. The first kappa shape index (κ1) is 15.5. The first-order chi connectivity index (χ1) is 12.3. The van der Waals surface area contributed by atoms with Gasteiger partial charge in [-0.2, -0.15) is 0 Å². The van der Waals surface area contributed by atoms with Crippen molar-refractivity contribution in [2.24, 2.45) is 5.41 Å². The Labute approximate surface area is 148 Å². The van der Waals surface area contributed by atoms with Crippen LogP contribution in [0.5, 0.6) is 0 Å². The predicted molar refractivity (Wildman–Crippen MR) is 93.6 cm³/mol. The van der Waals surface area contributed by atoms with E-state index in [1.165, 1.54) is 18.4 Å². The molecular weight excluding hydrogens is 314 g/mol. The molecule has 3 aliphatic rings. The maximum atomic E-state index is 6.08. The lowest BCUT2D eigenvalue weighted by Gasteiger charge is -2.30. The molecule has 1 spiro atoms. The highest BCUT2D eigenvalue weighted by atomic mass is 16.5. The zero-order chi connectivity index (χ0) is 16.7. The third kappa shape index (κ3) is 3.21. The smallest absolute Gasteiger partial charge is 0.134 e. The van der Waals surface area contributed by atoms with E-state index in [1.54, 1.807) is 0 Å². The van der Waals surface area contributed by atoms with E-state index in [-0.39, 0.29) is 6.23 Å². The molecule has 132 valence electrons. The Morgan fingerprint density at radius 1 is 1.24 bits per heavy atom. The topological polar surface area (TPSA) is 55.2 Å². The summed E-state index contributed by atoms with van der Waals surface area (Å²) in [7, 11) is 0. The van der Waals surface area contributed by atoms with E-state index in [1.807, 2.05) is 12.4 Å². The van der Waals surface area contributed by atoms with Gasteiger partial charge in [-0.05, 0) is 37.0 Å². The second kappa shape index (κ2) is 6.20. The molecule has 1 atom stereocenters. The van der Waals surface area contributed by atoms with Crippen LogP contribution in [0.2, 0.25) is 0 Å². The van der Waals surface area contributed by atoms with E-state index in [9.17, 15) is 0 Å². The van der Waals surface area contributed by atoms with E-state index in [4.69, 9.17) is 4.74 Å². The Bertz CT molecular complexity index is 744. The Balaban J connectivity index is 1.27. The molecule has 1 N–H and O–H groups in total. The van der Waals surface area contributed by atoms with Crippen LogP contribution in [0.3, 0.4) is 0 Å². The van der Waals surface area contributed by atoms with Gasteiger partial charge in [-0.3, -0.25) is 15.2 Å². The monoisotopic (exact) mass is 339 g/mol. The van der Waals surface area contributed by atoms with Gasteiger partial charge in [0.15, 0.2) is 0 Å². The fourth-order valence-corrected chi connectivity index (χ4v) is 3.94. The van der Waals surface area contributed by atoms with E-state index in [2.05, 4.69) is 43.1 Å². The predicted octanol–water partition coefficient (Wildman–Crippen LogP) is 2.08. The average molecular weight is 339 g/mol. The molecule has 5 rings (SSSR count). The number of nitrogens with one attached hydrogen (secondary N) is 1.